The smallest absolute Gasteiger partial charge is 0.334 e. The number of imide groups is 1. The fourth-order valence-electron chi connectivity index (χ4n) is 1.05. The highest BCUT2D eigenvalue weighted by Crippen LogP contribution is 2.66. The zero-order valence-corrected chi connectivity index (χ0v) is 17.5. The molecule has 0 aromatic carbocycles. The summed E-state index contributed by atoms with van der Waals surface area (Å²) in [6, 6.07) is -1.88. The van der Waals surface area contributed by atoms with Crippen LogP contribution < -0.4 is 16.8 Å². The number of hydrogen-bond donors (Lipinski definition) is 3. The van der Waals surface area contributed by atoms with Gasteiger partial charge in [0.05, 0.1) is 26.4 Å². The number of nitrogens with two attached hydrogens (primary N) is 2. The molecule has 5 N–H and O–H groups in total. The van der Waals surface area contributed by atoms with Crippen molar-refractivity contribution in [2.24, 2.45) is 11.5 Å². The summed E-state index contributed by atoms with van der Waals surface area (Å²) < 4.78 is 26.9. The highest BCUT2D eigenvalue weighted by molar-refractivity contribution is 8.14. The molecule has 0 aromatic heterocycles. The topological polar surface area (TPSA) is 144 Å². The summed E-state index contributed by atoms with van der Waals surface area (Å²) in [7, 11) is 0. The van der Waals surface area contributed by atoms with Crippen LogP contribution in [0.3, 0.4) is 0 Å². The number of rotatable bonds is 10. The van der Waals surface area contributed by atoms with Crippen molar-refractivity contribution in [3.8, 4) is 0 Å². The van der Waals surface area contributed by atoms with E-state index in [9.17, 15) is 9.59 Å². The molecule has 0 spiro atoms. The minimum absolute atomic E-state index is 0.394. The van der Waals surface area contributed by atoms with Crippen molar-refractivity contribution in [3.05, 3.63) is 0 Å². The Morgan fingerprint density at radius 3 is 1.17 bits per heavy atom. The van der Waals surface area contributed by atoms with Crippen molar-refractivity contribution in [2.75, 3.05) is 26.4 Å². The quantitative estimate of drug-likeness (QED) is 0.449. The third-order valence-electron chi connectivity index (χ3n) is 1.60. The minimum Gasteiger partial charge on any atom is -0.351 e. The van der Waals surface area contributed by atoms with Gasteiger partial charge in [0.2, 0.25) is 0 Å². The molecule has 10 nitrogen and oxygen atoms in total. The molecule has 0 aliphatic heterocycles. The number of primary amides is 2. The van der Waals surface area contributed by atoms with E-state index in [-0.39, 0.29) is 0 Å². The third-order valence-corrected chi connectivity index (χ3v) is 7.96. The largest absolute Gasteiger partial charge is 0.351 e. The second-order valence-electron chi connectivity index (χ2n) is 3.50. The van der Waals surface area contributed by atoms with E-state index in [1.807, 2.05) is 27.7 Å². The molecule has 0 aromatic rings. The summed E-state index contributed by atoms with van der Waals surface area (Å²) in [5, 5.41) is 1.58. The Hall–Kier alpha value is -0.160. The predicted octanol–water partition coefficient (Wildman–Crippen LogP) is 2.33. The van der Waals surface area contributed by atoms with Crippen LogP contribution in [0.2, 0.25) is 0 Å². The lowest BCUT2D eigenvalue weighted by Gasteiger charge is -2.27. The van der Waals surface area contributed by atoms with Crippen molar-refractivity contribution < 1.29 is 32.0 Å². The van der Waals surface area contributed by atoms with E-state index < -0.39 is 25.5 Å². The summed E-state index contributed by atoms with van der Waals surface area (Å²) >= 11 is 10.4. The van der Waals surface area contributed by atoms with E-state index in [0.29, 0.717) is 26.4 Å². The summed E-state index contributed by atoms with van der Waals surface area (Å²) in [5.41, 5.74) is 8.88. The zero-order chi connectivity index (χ0) is 19.2. The summed E-state index contributed by atoms with van der Waals surface area (Å²) in [6.07, 6.45) is 0. The highest BCUT2D eigenvalue weighted by Gasteiger charge is 2.31. The van der Waals surface area contributed by atoms with Gasteiger partial charge < -0.3 is 29.6 Å². The molecule has 0 unspecified atom stereocenters. The monoisotopic (exact) mass is 425 g/mol. The Labute approximate surface area is 152 Å². The van der Waals surface area contributed by atoms with Crippen molar-refractivity contribution in [2.45, 2.75) is 27.7 Å². The molecule has 0 fully saturated rings. The molecule has 0 saturated carbocycles. The lowest BCUT2D eigenvalue weighted by Crippen LogP contribution is -2.38. The Kier molecular flexibility index (Phi) is 15.3. The van der Waals surface area contributed by atoms with Gasteiger partial charge in [0.25, 0.3) is 0 Å². The van der Waals surface area contributed by atoms with E-state index >= 15 is 0 Å². The van der Waals surface area contributed by atoms with Crippen LogP contribution in [0.25, 0.3) is 0 Å². The van der Waals surface area contributed by atoms with Gasteiger partial charge in [-0.2, -0.15) is 0 Å². The molecule has 0 bridgehead atoms. The average Bonchev–Trinajstić information content (AvgIpc) is 2.37. The number of carbonyl (C=O) groups excluding carboxylic acids is 2. The van der Waals surface area contributed by atoms with Crippen LogP contribution in [0, 0.1) is 0 Å². The molecule has 24 heavy (non-hydrogen) atoms. The van der Waals surface area contributed by atoms with E-state index in [4.69, 9.17) is 46.0 Å². The Morgan fingerprint density at radius 1 is 0.792 bits per heavy atom. The fraction of sp³-hybridized carbons (Fsp3) is 0.800. The first-order valence-electron chi connectivity index (χ1n) is 6.93. The zero-order valence-electron chi connectivity index (χ0n) is 14.1. The molecule has 0 rings (SSSR count). The van der Waals surface area contributed by atoms with Crippen LogP contribution in [0.5, 0.6) is 0 Å². The number of nitrogens with one attached hydrogen (secondary N) is 1. The molecular formula is C10H25N3O7P2S2. The standard InChI is InChI=1S/C8H20O5P2S2.C2H5N3O2/c1-5-9-14(16,10-6-2)13-15(17,11-7-3)12-8-4;3-1(6)5-2(4)7/h5-8H2,1-4H3;(H5,3,4,5,6,7). The van der Waals surface area contributed by atoms with E-state index in [0.717, 1.165) is 0 Å². The maximum Gasteiger partial charge on any atom is 0.334 e. The van der Waals surface area contributed by atoms with Crippen molar-refractivity contribution in [1.82, 2.24) is 5.32 Å². The first-order chi connectivity index (χ1) is 11.1. The Morgan fingerprint density at radius 2 is 1.04 bits per heavy atom. The number of amides is 4. The van der Waals surface area contributed by atoms with Crippen LogP contribution >= 0.6 is 13.4 Å². The van der Waals surface area contributed by atoms with E-state index in [1.165, 1.54) is 0 Å². The van der Waals surface area contributed by atoms with Crippen molar-refractivity contribution in [3.63, 3.8) is 0 Å². The van der Waals surface area contributed by atoms with Crippen molar-refractivity contribution >= 4 is 49.1 Å². The molecule has 14 heteroatoms. The highest BCUT2D eigenvalue weighted by atomic mass is 32.5. The third kappa shape index (κ3) is 14.2. The van der Waals surface area contributed by atoms with Gasteiger partial charge in [-0.25, -0.2) is 13.9 Å². The van der Waals surface area contributed by atoms with Gasteiger partial charge in [0, 0.05) is 0 Å². The SMILES string of the molecule is CCOP(=S)(OCC)OP(=S)(OCC)OCC.NC(=O)NC(N)=O. The lowest BCUT2D eigenvalue weighted by atomic mass is 10.9. The second kappa shape index (κ2) is 14.1. The summed E-state index contributed by atoms with van der Waals surface area (Å²) in [4.78, 5) is 19.2. The second-order valence-corrected chi connectivity index (χ2v) is 9.66. The molecule has 0 aliphatic rings. The Bertz CT molecular complexity index is 421. The molecule has 4 amide bonds. The lowest BCUT2D eigenvalue weighted by molar-refractivity contribution is 0.176. The van der Waals surface area contributed by atoms with Crippen molar-refractivity contribution in [1.29, 1.82) is 0 Å². The van der Waals surface area contributed by atoms with Gasteiger partial charge in [0.15, 0.2) is 0 Å². The number of urea groups is 2. The molecule has 144 valence electrons. The van der Waals surface area contributed by atoms with Gasteiger partial charge >= 0.3 is 25.5 Å². The van der Waals surface area contributed by atoms with Gasteiger partial charge in [-0.3, -0.25) is 5.32 Å². The average molecular weight is 425 g/mol. The maximum absolute atomic E-state index is 9.62. The summed E-state index contributed by atoms with van der Waals surface area (Å²) in [5.74, 6) is 0. The molecule has 0 radical (unpaired) electrons. The summed E-state index contributed by atoms with van der Waals surface area (Å²) in [6.45, 7) is 3.09. The molecule has 0 aliphatic carbocycles. The first kappa shape index (κ1) is 26.1. The molecule has 0 saturated heterocycles. The molecule has 0 atom stereocenters. The van der Waals surface area contributed by atoms with Crippen LogP contribution in [0.15, 0.2) is 0 Å². The van der Waals surface area contributed by atoms with E-state index in [2.05, 4.69) is 11.5 Å². The number of carbonyl (C=O) groups is 2. The molecular weight excluding hydrogens is 400 g/mol. The van der Waals surface area contributed by atoms with Gasteiger partial charge in [-0.1, -0.05) is 0 Å². The van der Waals surface area contributed by atoms with Crippen LogP contribution in [0.4, 0.5) is 9.59 Å². The molecule has 0 heterocycles. The van der Waals surface area contributed by atoms with Crippen LogP contribution in [0.1, 0.15) is 27.7 Å². The minimum atomic E-state index is -2.87. The maximum atomic E-state index is 9.62. The normalized spacial score (nSPS) is 11.3. The van der Waals surface area contributed by atoms with Gasteiger partial charge in [-0.15, -0.1) is 0 Å². The van der Waals surface area contributed by atoms with Crippen LogP contribution in [-0.4, -0.2) is 38.5 Å². The Balaban J connectivity index is 0. The van der Waals surface area contributed by atoms with E-state index in [1.54, 1.807) is 5.32 Å². The fourth-order valence-corrected chi connectivity index (χ4v) is 7.42. The van der Waals surface area contributed by atoms with Gasteiger partial charge in [0.1, 0.15) is 0 Å². The predicted molar refractivity (Wildman–Crippen MR) is 98.5 cm³/mol. The number of hydrogen-bond acceptors (Lipinski definition) is 9. The van der Waals surface area contributed by atoms with Crippen LogP contribution in [-0.2, 0) is 46.0 Å². The van der Waals surface area contributed by atoms with Gasteiger partial charge in [-0.05, 0) is 51.3 Å². The first-order valence-corrected chi connectivity index (χ1v) is 12.0.